The van der Waals surface area contributed by atoms with Crippen molar-refractivity contribution in [1.29, 1.82) is 0 Å². The molecule has 6 nitrogen and oxygen atoms in total. The smallest absolute Gasteiger partial charge is 0.251 e. The fourth-order valence-corrected chi connectivity index (χ4v) is 4.82. The molecule has 0 aliphatic heterocycles. The first-order chi connectivity index (χ1) is 14.2. The molecule has 0 saturated heterocycles. The number of halogens is 2. The molecule has 0 spiro atoms. The number of carbonyl (C=O) groups excluding carboxylic acids is 1. The molecule has 0 saturated carbocycles. The molecule has 1 amide bonds. The maximum absolute atomic E-state index is 14.7. The van der Waals surface area contributed by atoms with E-state index in [0.29, 0.717) is 26.9 Å². The number of primary amides is 1. The van der Waals surface area contributed by atoms with Crippen LogP contribution in [0, 0.1) is 18.6 Å². The van der Waals surface area contributed by atoms with E-state index in [-0.39, 0.29) is 21.9 Å². The van der Waals surface area contributed by atoms with Crippen LogP contribution in [0.4, 0.5) is 19.6 Å². The predicted molar refractivity (Wildman–Crippen MR) is 116 cm³/mol. The third kappa shape index (κ3) is 3.75. The molecule has 0 aliphatic carbocycles. The van der Waals surface area contributed by atoms with Crippen LogP contribution in [-0.2, 0) is 0 Å². The molecule has 3 heterocycles. The van der Waals surface area contributed by atoms with Crippen molar-refractivity contribution in [3.63, 3.8) is 0 Å². The van der Waals surface area contributed by atoms with Crippen LogP contribution in [0.2, 0.25) is 0 Å². The molecule has 4 rings (SSSR count). The van der Waals surface area contributed by atoms with Gasteiger partial charge in [0.25, 0.3) is 5.91 Å². The van der Waals surface area contributed by atoms with Crippen LogP contribution in [0.1, 0.15) is 40.7 Å². The van der Waals surface area contributed by atoms with E-state index in [0.717, 1.165) is 16.3 Å². The van der Waals surface area contributed by atoms with Gasteiger partial charge in [-0.3, -0.25) is 4.79 Å². The number of benzene rings is 1. The minimum Gasteiger partial charge on any atom is -0.366 e. The van der Waals surface area contributed by atoms with Gasteiger partial charge in [0, 0.05) is 4.88 Å². The molecule has 0 aliphatic rings. The largest absolute Gasteiger partial charge is 0.366 e. The second-order valence-corrected chi connectivity index (χ2v) is 9.21. The van der Waals surface area contributed by atoms with Crippen LogP contribution in [0.25, 0.3) is 20.9 Å². The second-order valence-electron chi connectivity index (χ2n) is 6.97. The molecule has 1 aromatic carbocycles. The fraction of sp³-hybridized carbons (Fsp3) is 0.200. The molecule has 0 bridgehead atoms. The molecule has 4 aromatic rings. The van der Waals surface area contributed by atoms with Crippen molar-refractivity contribution in [2.24, 2.45) is 5.73 Å². The minimum absolute atomic E-state index is 0.0198. The van der Waals surface area contributed by atoms with Gasteiger partial charge in [0.15, 0.2) is 16.3 Å². The van der Waals surface area contributed by atoms with Crippen LogP contribution < -0.4 is 11.1 Å². The van der Waals surface area contributed by atoms with Gasteiger partial charge in [0.05, 0.1) is 22.3 Å². The molecule has 0 radical (unpaired) electrons. The van der Waals surface area contributed by atoms with Crippen LogP contribution in [0.15, 0.2) is 24.4 Å². The molecular weight excluding hydrogens is 428 g/mol. The van der Waals surface area contributed by atoms with E-state index in [9.17, 15) is 13.6 Å². The zero-order valence-corrected chi connectivity index (χ0v) is 17.9. The number of carbonyl (C=O) groups is 1. The lowest BCUT2D eigenvalue weighted by molar-refractivity contribution is 0.100. The first-order valence-electron chi connectivity index (χ1n) is 9.03. The number of fused-ring (bicyclic) bond motifs is 1. The van der Waals surface area contributed by atoms with Crippen molar-refractivity contribution < 1.29 is 13.6 Å². The zero-order valence-electron chi connectivity index (χ0n) is 16.3. The Morgan fingerprint density at radius 1 is 1.13 bits per heavy atom. The number of rotatable bonds is 5. The Bertz CT molecular complexity index is 1260. The van der Waals surface area contributed by atoms with E-state index in [4.69, 9.17) is 5.73 Å². The molecule has 10 heteroatoms. The summed E-state index contributed by atoms with van der Waals surface area (Å²) in [5.41, 5.74) is 6.49. The summed E-state index contributed by atoms with van der Waals surface area (Å²) < 4.78 is 29.4. The predicted octanol–water partition coefficient (Wildman–Crippen LogP) is 5.37. The van der Waals surface area contributed by atoms with Crippen molar-refractivity contribution in [1.82, 2.24) is 15.0 Å². The Labute approximate surface area is 178 Å². The Morgan fingerprint density at radius 3 is 2.47 bits per heavy atom. The van der Waals surface area contributed by atoms with Crippen molar-refractivity contribution in [2.75, 3.05) is 5.32 Å². The van der Waals surface area contributed by atoms with E-state index in [1.165, 1.54) is 35.7 Å². The van der Waals surface area contributed by atoms with Gasteiger partial charge in [0.1, 0.15) is 16.6 Å². The number of nitrogens with two attached hydrogens (primary N) is 1. The molecule has 154 valence electrons. The van der Waals surface area contributed by atoms with Gasteiger partial charge in [-0.1, -0.05) is 25.2 Å². The standard InChI is InChI=1S/C20H17F2N5OS2/c1-8(2)10-4-12(21)16(13(22)5-10)14-6-11(17(23)28)19(30-14)26-15-7-24-18-20(27-15)29-9(3)25-18/h4-8H,1-3H3,(H2,23,28)(H,26,27). The monoisotopic (exact) mass is 445 g/mol. The number of anilines is 2. The first-order valence-corrected chi connectivity index (χ1v) is 10.7. The summed E-state index contributed by atoms with van der Waals surface area (Å²) in [6.45, 7) is 5.56. The summed E-state index contributed by atoms with van der Waals surface area (Å²) in [6, 6.07) is 4.01. The van der Waals surface area contributed by atoms with Crippen LogP contribution >= 0.6 is 22.7 Å². The van der Waals surface area contributed by atoms with Gasteiger partial charge in [-0.2, -0.15) is 0 Å². The third-order valence-electron chi connectivity index (χ3n) is 4.45. The Hall–Kier alpha value is -2.98. The number of nitrogens with one attached hydrogen (secondary N) is 1. The highest BCUT2D eigenvalue weighted by molar-refractivity contribution is 7.20. The summed E-state index contributed by atoms with van der Waals surface area (Å²) in [7, 11) is 0. The van der Waals surface area contributed by atoms with E-state index in [2.05, 4.69) is 20.3 Å². The molecule has 0 unspecified atom stereocenters. The Morgan fingerprint density at radius 2 is 1.83 bits per heavy atom. The van der Waals surface area contributed by atoms with E-state index in [1.54, 1.807) is 0 Å². The molecule has 30 heavy (non-hydrogen) atoms. The SMILES string of the molecule is Cc1nc2ncc(Nc3sc(-c4c(F)cc(C(C)C)cc4F)cc3C(N)=O)nc2s1. The number of amides is 1. The van der Waals surface area contributed by atoms with Crippen LogP contribution in [0.5, 0.6) is 0 Å². The zero-order chi connectivity index (χ0) is 21.6. The summed E-state index contributed by atoms with van der Waals surface area (Å²) in [6.07, 6.45) is 1.48. The van der Waals surface area contributed by atoms with Crippen LogP contribution in [0.3, 0.4) is 0 Å². The topological polar surface area (TPSA) is 93.8 Å². The summed E-state index contributed by atoms with van der Waals surface area (Å²) >= 11 is 2.40. The van der Waals surface area contributed by atoms with Crippen LogP contribution in [-0.4, -0.2) is 20.9 Å². The minimum atomic E-state index is -0.720. The highest BCUT2D eigenvalue weighted by atomic mass is 32.1. The molecular formula is C20H17F2N5OS2. The molecule has 0 fully saturated rings. The highest BCUT2D eigenvalue weighted by Crippen LogP contribution is 2.40. The average molecular weight is 446 g/mol. The van der Waals surface area contributed by atoms with Gasteiger partial charge < -0.3 is 11.1 Å². The van der Waals surface area contributed by atoms with Crippen molar-refractivity contribution in [3.05, 3.63) is 52.2 Å². The lowest BCUT2D eigenvalue weighted by atomic mass is 10.00. The number of hydrogen-bond acceptors (Lipinski definition) is 7. The maximum atomic E-state index is 14.7. The van der Waals surface area contributed by atoms with Gasteiger partial charge in [-0.05, 0) is 36.6 Å². The number of hydrogen-bond donors (Lipinski definition) is 2. The number of aryl methyl sites for hydroxylation is 1. The van der Waals surface area contributed by atoms with Crippen molar-refractivity contribution >= 4 is 49.9 Å². The number of thiazole rings is 1. The second kappa shape index (κ2) is 7.69. The Kier molecular flexibility index (Phi) is 5.20. The normalized spacial score (nSPS) is 11.4. The van der Waals surface area contributed by atoms with Gasteiger partial charge in [-0.15, -0.1) is 11.3 Å². The number of aromatic nitrogens is 3. The quantitative estimate of drug-likeness (QED) is 0.431. The first kappa shape index (κ1) is 20.3. The van der Waals surface area contributed by atoms with Crippen molar-refractivity contribution in [3.8, 4) is 10.4 Å². The average Bonchev–Trinajstić information content (AvgIpc) is 3.23. The molecule has 3 N–H and O–H groups in total. The van der Waals surface area contributed by atoms with Gasteiger partial charge in [-0.25, -0.2) is 23.7 Å². The highest BCUT2D eigenvalue weighted by Gasteiger charge is 2.21. The molecule has 0 atom stereocenters. The van der Waals surface area contributed by atoms with Gasteiger partial charge in [0.2, 0.25) is 0 Å². The fourth-order valence-electron chi connectivity index (χ4n) is 2.95. The maximum Gasteiger partial charge on any atom is 0.251 e. The van der Waals surface area contributed by atoms with Crippen molar-refractivity contribution in [2.45, 2.75) is 26.7 Å². The van der Waals surface area contributed by atoms with E-state index >= 15 is 0 Å². The summed E-state index contributed by atoms with van der Waals surface area (Å²) in [5, 5.41) is 4.15. The lowest BCUT2D eigenvalue weighted by Gasteiger charge is -2.09. The Balaban J connectivity index is 1.76. The number of thiophene rings is 1. The third-order valence-corrected chi connectivity index (χ3v) is 6.37. The molecule has 3 aromatic heterocycles. The number of nitrogens with zero attached hydrogens (tertiary/aromatic N) is 3. The van der Waals surface area contributed by atoms with Gasteiger partial charge >= 0.3 is 0 Å². The lowest BCUT2D eigenvalue weighted by Crippen LogP contribution is -2.11. The van der Waals surface area contributed by atoms with E-state index < -0.39 is 17.5 Å². The van der Waals surface area contributed by atoms with E-state index in [1.807, 2.05) is 20.8 Å². The summed E-state index contributed by atoms with van der Waals surface area (Å²) in [5.74, 6) is -1.75. The summed E-state index contributed by atoms with van der Waals surface area (Å²) in [4.78, 5) is 25.7.